The number of nitrogens with zero attached hydrogens (tertiary/aromatic N) is 4. The summed E-state index contributed by atoms with van der Waals surface area (Å²) in [6.45, 7) is 12.4. The van der Waals surface area contributed by atoms with Crippen LogP contribution in [0.2, 0.25) is 0 Å². The smallest absolute Gasteiger partial charge is 0.239 e. The molecule has 3 rings (SSSR count). The molecule has 1 amide bonds. The number of rotatable bonds is 5. The Labute approximate surface area is 173 Å². The molecule has 6 nitrogen and oxygen atoms in total. The number of benzene rings is 1. The average Bonchev–Trinajstić information content (AvgIpc) is 3.27. The zero-order valence-electron chi connectivity index (χ0n) is 18.0. The number of piperazine rings is 1. The van der Waals surface area contributed by atoms with Gasteiger partial charge in [0.05, 0.1) is 12.6 Å². The summed E-state index contributed by atoms with van der Waals surface area (Å²) >= 11 is 0. The summed E-state index contributed by atoms with van der Waals surface area (Å²) in [5.41, 5.74) is 1.65. The molecule has 2 saturated heterocycles. The lowest BCUT2D eigenvalue weighted by Crippen LogP contribution is -2.57. The van der Waals surface area contributed by atoms with Crippen molar-refractivity contribution >= 4 is 11.9 Å². The second-order valence-electron chi connectivity index (χ2n) is 7.99. The monoisotopic (exact) mass is 403 g/mol. The molecular formula is C22H34FN5O. The minimum absolute atomic E-state index is 0.0584. The summed E-state index contributed by atoms with van der Waals surface area (Å²) in [7, 11) is 0. The van der Waals surface area contributed by atoms with Crippen LogP contribution < -0.4 is 5.32 Å². The van der Waals surface area contributed by atoms with Crippen LogP contribution in [0.3, 0.4) is 0 Å². The number of carbonyl (C=O) groups is 1. The molecule has 7 heteroatoms. The van der Waals surface area contributed by atoms with E-state index in [0.29, 0.717) is 12.1 Å². The summed E-state index contributed by atoms with van der Waals surface area (Å²) in [5, 5.41) is 3.37. The Balaban J connectivity index is 1.57. The van der Waals surface area contributed by atoms with Crippen molar-refractivity contribution in [3.05, 3.63) is 35.1 Å². The first kappa shape index (κ1) is 21.6. The predicted molar refractivity (Wildman–Crippen MR) is 114 cm³/mol. The summed E-state index contributed by atoms with van der Waals surface area (Å²) in [6.07, 6.45) is 2.25. The molecule has 0 aliphatic carbocycles. The highest BCUT2D eigenvalue weighted by Gasteiger charge is 2.30. The fourth-order valence-electron chi connectivity index (χ4n) is 4.08. The van der Waals surface area contributed by atoms with Gasteiger partial charge >= 0.3 is 0 Å². The third-order valence-electron chi connectivity index (χ3n) is 5.91. The molecule has 29 heavy (non-hydrogen) atoms. The first-order valence-electron chi connectivity index (χ1n) is 10.8. The van der Waals surface area contributed by atoms with Crippen LogP contribution in [0.4, 0.5) is 4.39 Å². The molecule has 1 N–H and O–H groups in total. The number of amides is 1. The molecule has 2 fully saturated rings. The van der Waals surface area contributed by atoms with Crippen molar-refractivity contribution in [2.45, 2.75) is 46.2 Å². The van der Waals surface area contributed by atoms with Crippen LogP contribution in [0.1, 0.15) is 37.8 Å². The number of nitrogens with one attached hydrogen (secondary N) is 1. The van der Waals surface area contributed by atoms with Gasteiger partial charge in [0, 0.05) is 45.8 Å². The average molecular weight is 404 g/mol. The van der Waals surface area contributed by atoms with E-state index in [1.165, 1.54) is 6.07 Å². The molecule has 0 saturated carbocycles. The Bertz CT molecular complexity index is 724. The standard InChI is InChI=1S/C22H34FN5O/c1-4-24-22(25-16-19-7-8-20(23)17(2)15-19)28-13-11-26(12-14-28)18(3)21(29)27-9-5-6-10-27/h7-8,15,18H,4-6,9-14,16H2,1-3H3,(H,24,25). The highest BCUT2D eigenvalue weighted by Crippen LogP contribution is 2.15. The molecule has 1 unspecified atom stereocenters. The van der Waals surface area contributed by atoms with Crippen LogP contribution in [0.5, 0.6) is 0 Å². The topological polar surface area (TPSA) is 51.2 Å². The fraction of sp³-hybridized carbons (Fsp3) is 0.636. The summed E-state index contributed by atoms with van der Waals surface area (Å²) in [6, 6.07) is 5.09. The molecule has 1 aromatic rings. The maximum Gasteiger partial charge on any atom is 0.239 e. The molecule has 0 bridgehead atoms. The fourth-order valence-corrected chi connectivity index (χ4v) is 4.08. The lowest BCUT2D eigenvalue weighted by atomic mass is 10.1. The second kappa shape index (κ2) is 10.1. The molecule has 0 spiro atoms. The number of aliphatic imine (C=N–C) groups is 1. The van der Waals surface area contributed by atoms with Gasteiger partial charge in [0.1, 0.15) is 5.82 Å². The van der Waals surface area contributed by atoms with Gasteiger partial charge in [0.2, 0.25) is 5.91 Å². The third kappa shape index (κ3) is 5.47. The summed E-state index contributed by atoms with van der Waals surface area (Å²) in [5.74, 6) is 0.967. The van der Waals surface area contributed by atoms with E-state index < -0.39 is 0 Å². The Hall–Kier alpha value is -2.15. The molecule has 2 aliphatic heterocycles. The van der Waals surface area contributed by atoms with Gasteiger partial charge < -0.3 is 15.1 Å². The van der Waals surface area contributed by atoms with Gasteiger partial charge in [-0.1, -0.05) is 12.1 Å². The zero-order chi connectivity index (χ0) is 20.8. The van der Waals surface area contributed by atoms with E-state index in [2.05, 4.69) is 22.0 Å². The highest BCUT2D eigenvalue weighted by molar-refractivity contribution is 5.82. The molecule has 160 valence electrons. The molecule has 2 aliphatic rings. The maximum absolute atomic E-state index is 13.5. The lowest BCUT2D eigenvalue weighted by Gasteiger charge is -2.39. The maximum atomic E-state index is 13.5. The number of carbonyl (C=O) groups excluding carboxylic acids is 1. The SMILES string of the molecule is CCNC(=NCc1ccc(F)c(C)c1)N1CCN(C(C)C(=O)N2CCCC2)CC1. The van der Waals surface area contributed by atoms with E-state index in [0.717, 1.165) is 70.2 Å². The number of guanidine groups is 1. The van der Waals surface area contributed by atoms with Crippen molar-refractivity contribution in [3.8, 4) is 0 Å². The Kier molecular flexibility index (Phi) is 7.47. The van der Waals surface area contributed by atoms with Gasteiger partial charge in [0.25, 0.3) is 0 Å². The van der Waals surface area contributed by atoms with E-state index in [9.17, 15) is 9.18 Å². The van der Waals surface area contributed by atoms with Gasteiger partial charge in [-0.2, -0.15) is 0 Å². The van der Waals surface area contributed by atoms with Gasteiger partial charge in [-0.15, -0.1) is 0 Å². The number of likely N-dealkylation sites (tertiary alicyclic amines) is 1. The van der Waals surface area contributed by atoms with Crippen LogP contribution in [0, 0.1) is 12.7 Å². The van der Waals surface area contributed by atoms with E-state index in [1.54, 1.807) is 13.0 Å². The number of hydrogen-bond donors (Lipinski definition) is 1. The minimum atomic E-state index is -0.182. The first-order valence-corrected chi connectivity index (χ1v) is 10.8. The molecule has 1 aromatic carbocycles. The largest absolute Gasteiger partial charge is 0.357 e. The summed E-state index contributed by atoms with van der Waals surface area (Å²) < 4.78 is 13.5. The van der Waals surface area contributed by atoms with E-state index in [1.807, 2.05) is 17.9 Å². The van der Waals surface area contributed by atoms with Crippen molar-refractivity contribution in [1.29, 1.82) is 0 Å². The normalized spacial score (nSPS) is 19.5. The van der Waals surface area contributed by atoms with Gasteiger partial charge in [-0.05, 0) is 50.8 Å². The number of aryl methyl sites for hydroxylation is 1. The van der Waals surface area contributed by atoms with E-state index in [4.69, 9.17) is 4.99 Å². The van der Waals surface area contributed by atoms with Gasteiger partial charge in [-0.25, -0.2) is 9.38 Å². The first-order chi connectivity index (χ1) is 14.0. The lowest BCUT2D eigenvalue weighted by molar-refractivity contribution is -0.135. The molecule has 0 aromatic heterocycles. The van der Waals surface area contributed by atoms with E-state index >= 15 is 0 Å². The molecule has 0 radical (unpaired) electrons. The molecule has 1 atom stereocenters. The summed E-state index contributed by atoms with van der Waals surface area (Å²) in [4.78, 5) is 24.0. The highest BCUT2D eigenvalue weighted by atomic mass is 19.1. The van der Waals surface area contributed by atoms with Gasteiger partial charge in [-0.3, -0.25) is 9.69 Å². The number of hydrogen-bond acceptors (Lipinski definition) is 3. The van der Waals surface area contributed by atoms with Crippen LogP contribution in [0.25, 0.3) is 0 Å². The molecular weight excluding hydrogens is 369 g/mol. The third-order valence-corrected chi connectivity index (χ3v) is 5.91. The van der Waals surface area contributed by atoms with Crippen LogP contribution in [-0.2, 0) is 11.3 Å². The number of halogens is 1. The quantitative estimate of drug-likeness (QED) is 0.605. The van der Waals surface area contributed by atoms with Crippen molar-refractivity contribution < 1.29 is 9.18 Å². The van der Waals surface area contributed by atoms with Gasteiger partial charge in [0.15, 0.2) is 5.96 Å². The Morgan fingerprint density at radius 3 is 2.45 bits per heavy atom. The van der Waals surface area contributed by atoms with Crippen molar-refractivity contribution in [2.24, 2.45) is 4.99 Å². The van der Waals surface area contributed by atoms with Crippen molar-refractivity contribution in [3.63, 3.8) is 0 Å². The second-order valence-corrected chi connectivity index (χ2v) is 7.99. The zero-order valence-corrected chi connectivity index (χ0v) is 18.0. The Morgan fingerprint density at radius 2 is 1.83 bits per heavy atom. The minimum Gasteiger partial charge on any atom is -0.357 e. The van der Waals surface area contributed by atoms with Crippen LogP contribution >= 0.6 is 0 Å². The van der Waals surface area contributed by atoms with Crippen LogP contribution in [0.15, 0.2) is 23.2 Å². The predicted octanol–water partition coefficient (Wildman–Crippen LogP) is 2.23. The van der Waals surface area contributed by atoms with Crippen LogP contribution in [-0.4, -0.2) is 78.4 Å². The van der Waals surface area contributed by atoms with Crippen molar-refractivity contribution in [2.75, 3.05) is 45.8 Å². The van der Waals surface area contributed by atoms with Crippen molar-refractivity contribution in [1.82, 2.24) is 20.0 Å². The Morgan fingerprint density at radius 1 is 1.14 bits per heavy atom. The van der Waals surface area contributed by atoms with E-state index in [-0.39, 0.29) is 17.8 Å². The molecule has 2 heterocycles.